The third-order valence-electron chi connectivity index (χ3n) is 5.08. The summed E-state index contributed by atoms with van der Waals surface area (Å²) < 4.78 is 0. The number of benzene rings is 1. The molecule has 1 aromatic rings. The van der Waals surface area contributed by atoms with Crippen LogP contribution in [0.1, 0.15) is 67.9 Å². The maximum atomic E-state index is 3.55. The Kier molecular flexibility index (Phi) is 3.69. The van der Waals surface area contributed by atoms with Gasteiger partial charge in [-0.15, -0.1) is 0 Å². The van der Waals surface area contributed by atoms with Crippen molar-refractivity contribution in [2.45, 2.75) is 62.8 Å². The molecule has 2 saturated carbocycles. The van der Waals surface area contributed by atoms with Crippen LogP contribution < -0.4 is 5.32 Å². The molecule has 3 rings (SSSR count). The summed E-state index contributed by atoms with van der Waals surface area (Å²) >= 11 is 0. The molecule has 0 amide bonds. The first-order valence-corrected chi connectivity index (χ1v) is 7.66. The summed E-state index contributed by atoms with van der Waals surface area (Å²) in [5.74, 6) is 1.61. The lowest BCUT2D eigenvalue weighted by Crippen LogP contribution is -2.35. The van der Waals surface area contributed by atoms with E-state index in [1.165, 1.54) is 44.9 Å². The summed E-state index contributed by atoms with van der Waals surface area (Å²) in [7, 11) is 2.13. The molecule has 1 heteroatoms. The minimum absolute atomic E-state index is 0.694. The van der Waals surface area contributed by atoms with Crippen LogP contribution in [0.2, 0.25) is 0 Å². The van der Waals surface area contributed by atoms with Crippen LogP contribution in [0.5, 0.6) is 0 Å². The zero-order valence-corrected chi connectivity index (χ0v) is 11.5. The molecule has 2 aliphatic carbocycles. The van der Waals surface area contributed by atoms with Gasteiger partial charge in [0, 0.05) is 6.04 Å². The Hall–Kier alpha value is -0.820. The van der Waals surface area contributed by atoms with Crippen molar-refractivity contribution in [2.24, 2.45) is 0 Å². The van der Waals surface area contributed by atoms with E-state index in [1.807, 2.05) is 0 Å². The summed E-state index contributed by atoms with van der Waals surface area (Å²) in [5.41, 5.74) is 3.32. The normalized spacial score (nSPS) is 28.9. The van der Waals surface area contributed by atoms with E-state index < -0.39 is 0 Å². The smallest absolute Gasteiger partial charge is 0.0133 e. The molecule has 18 heavy (non-hydrogen) atoms. The van der Waals surface area contributed by atoms with Crippen LogP contribution in [0.15, 0.2) is 24.3 Å². The molecule has 0 bridgehead atoms. The molecule has 0 saturated heterocycles. The molecule has 2 aliphatic rings. The monoisotopic (exact) mass is 243 g/mol. The third kappa shape index (κ3) is 2.21. The zero-order chi connectivity index (χ0) is 12.4. The van der Waals surface area contributed by atoms with E-state index in [1.54, 1.807) is 11.1 Å². The molecule has 0 radical (unpaired) electrons. The van der Waals surface area contributed by atoms with Crippen molar-refractivity contribution in [1.29, 1.82) is 0 Å². The fourth-order valence-corrected chi connectivity index (χ4v) is 3.79. The number of rotatable bonds is 3. The van der Waals surface area contributed by atoms with Crippen LogP contribution in [0.25, 0.3) is 0 Å². The van der Waals surface area contributed by atoms with Gasteiger partial charge >= 0.3 is 0 Å². The predicted octanol–water partition coefficient (Wildman–Crippen LogP) is 4.20. The van der Waals surface area contributed by atoms with Gasteiger partial charge in [0.1, 0.15) is 0 Å². The Morgan fingerprint density at radius 3 is 2.28 bits per heavy atom. The highest BCUT2D eigenvalue weighted by molar-refractivity contribution is 5.35. The standard InChI is InChI=1S/C17H25N/c1-18-17-12-5-4-11-16(17)15-10-3-2-9-14(15)13-7-6-8-13/h2-3,9-10,13,16-18H,4-8,11-12H2,1H3. The third-order valence-corrected chi connectivity index (χ3v) is 5.08. The summed E-state index contributed by atoms with van der Waals surface area (Å²) in [6.07, 6.45) is 9.77. The molecule has 2 atom stereocenters. The molecule has 1 nitrogen and oxygen atoms in total. The molecule has 2 unspecified atom stereocenters. The Morgan fingerprint density at radius 2 is 1.61 bits per heavy atom. The Bertz CT molecular complexity index is 394. The lowest BCUT2D eigenvalue weighted by Gasteiger charge is -2.36. The molecular weight excluding hydrogens is 218 g/mol. The van der Waals surface area contributed by atoms with Gasteiger partial charge in [-0.2, -0.15) is 0 Å². The second kappa shape index (κ2) is 5.44. The minimum atomic E-state index is 0.694. The first-order chi connectivity index (χ1) is 8.90. The predicted molar refractivity (Wildman–Crippen MR) is 77.1 cm³/mol. The van der Waals surface area contributed by atoms with Crippen molar-refractivity contribution >= 4 is 0 Å². The van der Waals surface area contributed by atoms with E-state index in [0.29, 0.717) is 6.04 Å². The maximum absolute atomic E-state index is 3.55. The van der Waals surface area contributed by atoms with Gasteiger partial charge in [0.25, 0.3) is 0 Å². The van der Waals surface area contributed by atoms with Crippen LogP contribution in [-0.4, -0.2) is 13.1 Å². The van der Waals surface area contributed by atoms with Gasteiger partial charge in [0.05, 0.1) is 0 Å². The van der Waals surface area contributed by atoms with Crippen molar-refractivity contribution in [1.82, 2.24) is 5.32 Å². The van der Waals surface area contributed by atoms with Gasteiger partial charge in [0.2, 0.25) is 0 Å². The SMILES string of the molecule is CNC1CCCCC1c1ccccc1C1CCC1. The first-order valence-electron chi connectivity index (χ1n) is 7.66. The van der Waals surface area contributed by atoms with Crippen molar-refractivity contribution in [3.05, 3.63) is 35.4 Å². The Balaban J connectivity index is 1.89. The van der Waals surface area contributed by atoms with E-state index >= 15 is 0 Å². The number of hydrogen-bond acceptors (Lipinski definition) is 1. The molecule has 1 aromatic carbocycles. The highest BCUT2D eigenvalue weighted by Gasteiger charge is 2.30. The van der Waals surface area contributed by atoms with Crippen molar-refractivity contribution in [3.8, 4) is 0 Å². The average Bonchev–Trinajstić information content (AvgIpc) is 2.37. The summed E-state index contributed by atoms with van der Waals surface area (Å²) in [4.78, 5) is 0. The Labute approximate surface area is 111 Å². The van der Waals surface area contributed by atoms with Crippen molar-refractivity contribution in [3.63, 3.8) is 0 Å². The number of nitrogens with one attached hydrogen (secondary N) is 1. The van der Waals surface area contributed by atoms with E-state index in [-0.39, 0.29) is 0 Å². The van der Waals surface area contributed by atoms with Crippen LogP contribution in [0.4, 0.5) is 0 Å². The molecule has 2 fully saturated rings. The highest BCUT2D eigenvalue weighted by Crippen LogP contribution is 2.43. The molecule has 98 valence electrons. The molecular formula is C17H25N. The number of hydrogen-bond donors (Lipinski definition) is 1. The van der Waals surface area contributed by atoms with E-state index in [4.69, 9.17) is 0 Å². The second-order valence-electron chi connectivity index (χ2n) is 6.04. The van der Waals surface area contributed by atoms with Gasteiger partial charge in [-0.05, 0) is 55.7 Å². The molecule has 0 heterocycles. The summed E-state index contributed by atoms with van der Waals surface area (Å²) in [5, 5.41) is 3.55. The first kappa shape index (κ1) is 12.2. The molecule has 0 spiro atoms. The quantitative estimate of drug-likeness (QED) is 0.839. The zero-order valence-electron chi connectivity index (χ0n) is 11.5. The van der Waals surface area contributed by atoms with Crippen LogP contribution in [0, 0.1) is 0 Å². The van der Waals surface area contributed by atoms with Crippen LogP contribution >= 0.6 is 0 Å². The largest absolute Gasteiger partial charge is 0.316 e. The lowest BCUT2D eigenvalue weighted by molar-refractivity contribution is 0.337. The molecule has 1 N–H and O–H groups in total. The minimum Gasteiger partial charge on any atom is -0.316 e. The Morgan fingerprint density at radius 1 is 0.889 bits per heavy atom. The van der Waals surface area contributed by atoms with Gasteiger partial charge in [-0.1, -0.05) is 43.5 Å². The van der Waals surface area contributed by atoms with Crippen LogP contribution in [-0.2, 0) is 0 Å². The molecule has 0 aliphatic heterocycles. The summed E-state index contributed by atoms with van der Waals surface area (Å²) in [6, 6.07) is 9.95. The van der Waals surface area contributed by atoms with E-state index in [9.17, 15) is 0 Å². The fraction of sp³-hybridized carbons (Fsp3) is 0.647. The van der Waals surface area contributed by atoms with Gasteiger partial charge in [-0.3, -0.25) is 0 Å². The van der Waals surface area contributed by atoms with Crippen molar-refractivity contribution in [2.75, 3.05) is 7.05 Å². The van der Waals surface area contributed by atoms with Crippen molar-refractivity contribution < 1.29 is 0 Å². The van der Waals surface area contributed by atoms with Crippen LogP contribution in [0.3, 0.4) is 0 Å². The van der Waals surface area contributed by atoms with Gasteiger partial charge in [0.15, 0.2) is 0 Å². The molecule has 0 aromatic heterocycles. The fourth-order valence-electron chi connectivity index (χ4n) is 3.79. The average molecular weight is 243 g/mol. The summed E-state index contributed by atoms with van der Waals surface area (Å²) in [6.45, 7) is 0. The number of likely N-dealkylation sites (N-methyl/N-ethyl adjacent to an activating group) is 1. The maximum Gasteiger partial charge on any atom is 0.0133 e. The van der Waals surface area contributed by atoms with E-state index in [0.717, 1.165) is 11.8 Å². The topological polar surface area (TPSA) is 12.0 Å². The van der Waals surface area contributed by atoms with E-state index in [2.05, 4.69) is 36.6 Å². The lowest BCUT2D eigenvalue weighted by atomic mass is 9.72. The van der Waals surface area contributed by atoms with Gasteiger partial charge < -0.3 is 5.32 Å². The van der Waals surface area contributed by atoms with Gasteiger partial charge in [-0.25, -0.2) is 0 Å². The second-order valence-corrected chi connectivity index (χ2v) is 6.04. The highest BCUT2D eigenvalue weighted by atomic mass is 14.9.